The SMILES string of the molecule is COc1ccc(CN(C)S(=O)(=O)C2COCCC2c2ccccc2F)cc1. The van der Waals surface area contributed by atoms with Gasteiger partial charge in [-0.1, -0.05) is 30.3 Å². The number of sulfonamides is 1. The van der Waals surface area contributed by atoms with Crippen molar-refractivity contribution in [3.63, 3.8) is 0 Å². The first-order chi connectivity index (χ1) is 12.9. The fourth-order valence-corrected chi connectivity index (χ4v) is 5.20. The molecule has 1 heterocycles. The molecule has 2 aromatic rings. The number of halogens is 1. The number of rotatable bonds is 6. The highest BCUT2D eigenvalue weighted by atomic mass is 32.2. The summed E-state index contributed by atoms with van der Waals surface area (Å²) in [6.45, 7) is 0.717. The minimum atomic E-state index is -3.68. The van der Waals surface area contributed by atoms with Gasteiger partial charge in [0.25, 0.3) is 0 Å². The van der Waals surface area contributed by atoms with Crippen LogP contribution in [-0.2, 0) is 21.3 Å². The van der Waals surface area contributed by atoms with Gasteiger partial charge in [-0.05, 0) is 35.7 Å². The van der Waals surface area contributed by atoms with Crippen molar-refractivity contribution in [2.45, 2.75) is 24.1 Å². The minimum Gasteiger partial charge on any atom is -0.497 e. The summed E-state index contributed by atoms with van der Waals surface area (Å²) in [5, 5.41) is -0.814. The lowest BCUT2D eigenvalue weighted by Crippen LogP contribution is -2.44. The molecule has 0 radical (unpaired) electrons. The Hall–Kier alpha value is -1.96. The van der Waals surface area contributed by atoms with Gasteiger partial charge in [-0.2, -0.15) is 0 Å². The molecule has 3 rings (SSSR count). The van der Waals surface area contributed by atoms with E-state index in [0.717, 1.165) is 5.56 Å². The monoisotopic (exact) mass is 393 g/mol. The Morgan fingerprint density at radius 2 is 1.89 bits per heavy atom. The molecular weight excluding hydrogens is 369 g/mol. The van der Waals surface area contributed by atoms with Crippen LogP contribution in [0.3, 0.4) is 0 Å². The van der Waals surface area contributed by atoms with Crippen LogP contribution in [0.25, 0.3) is 0 Å². The second-order valence-electron chi connectivity index (χ2n) is 6.68. The van der Waals surface area contributed by atoms with E-state index in [0.29, 0.717) is 24.3 Å². The quantitative estimate of drug-likeness (QED) is 0.757. The fourth-order valence-electron chi connectivity index (χ4n) is 3.45. The van der Waals surface area contributed by atoms with Gasteiger partial charge in [-0.25, -0.2) is 17.1 Å². The van der Waals surface area contributed by atoms with Crippen LogP contribution in [0.2, 0.25) is 0 Å². The zero-order valence-electron chi connectivity index (χ0n) is 15.5. The molecule has 2 unspecified atom stereocenters. The van der Waals surface area contributed by atoms with E-state index in [-0.39, 0.29) is 19.0 Å². The van der Waals surface area contributed by atoms with Crippen molar-refractivity contribution < 1.29 is 22.3 Å². The van der Waals surface area contributed by atoms with Crippen LogP contribution in [0.5, 0.6) is 5.75 Å². The summed E-state index contributed by atoms with van der Waals surface area (Å²) in [5.41, 5.74) is 1.29. The zero-order valence-corrected chi connectivity index (χ0v) is 16.3. The molecule has 0 bridgehead atoms. The van der Waals surface area contributed by atoms with Crippen molar-refractivity contribution in [3.05, 3.63) is 65.5 Å². The third kappa shape index (κ3) is 4.31. The Morgan fingerprint density at radius 3 is 2.56 bits per heavy atom. The second kappa shape index (κ2) is 8.37. The molecule has 0 spiro atoms. The number of ether oxygens (including phenoxy) is 2. The van der Waals surface area contributed by atoms with Gasteiger partial charge in [0.15, 0.2) is 0 Å². The molecule has 0 aliphatic carbocycles. The Labute approximate surface area is 159 Å². The Balaban J connectivity index is 1.83. The van der Waals surface area contributed by atoms with Crippen molar-refractivity contribution in [2.75, 3.05) is 27.4 Å². The summed E-state index contributed by atoms with van der Waals surface area (Å²) in [7, 11) is -0.551. The molecule has 7 heteroatoms. The van der Waals surface area contributed by atoms with Crippen LogP contribution in [0.1, 0.15) is 23.5 Å². The molecule has 1 saturated heterocycles. The van der Waals surface area contributed by atoms with E-state index in [1.807, 2.05) is 12.1 Å². The lowest BCUT2D eigenvalue weighted by Gasteiger charge is -2.34. The van der Waals surface area contributed by atoms with E-state index in [1.54, 1.807) is 44.5 Å². The van der Waals surface area contributed by atoms with Crippen molar-refractivity contribution in [1.82, 2.24) is 4.31 Å². The molecule has 0 saturated carbocycles. The Morgan fingerprint density at radius 1 is 1.19 bits per heavy atom. The van der Waals surface area contributed by atoms with Crippen LogP contribution < -0.4 is 4.74 Å². The van der Waals surface area contributed by atoms with Crippen LogP contribution in [-0.4, -0.2) is 45.3 Å². The first kappa shape index (κ1) is 19.8. The van der Waals surface area contributed by atoms with Gasteiger partial charge in [0.1, 0.15) is 16.8 Å². The smallest absolute Gasteiger partial charge is 0.219 e. The highest BCUT2D eigenvalue weighted by molar-refractivity contribution is 7.89. The summed E-state index contributed by atoms with van der Waals surface area (Å²) in [4.78, 5) is 0. The van der Waals surface area contributed by atoms with E-state index in [4.69, 9.17) is 9.47 Å². The molecule has 0 aromatic heterocycles. The van der Waals surface area contributed by atoms with Gasteiger partial charge in [-0.15, -0.1) is 0 Å². The van der Waals surface area contributed by atoms with E-state index < -0.39 is 21.2 Å². The van der Waals surface area contributed by atoms with Gasteiger partial charge in [0.05, 0.1) is 13.7 Å². The first-order valence-electron chi connectivity index (χ1n) is 8.83. The van der Waals surface area contributed by atoms with E-state index >= 15 is 0 Å². The molecule has 146 valence electrons. The first-order valence-corrected chi connectivity index (χ1v) is 10.3. The van der Waals surface area contributed by atoms with E-state index in [1.165, 1.54) is 10.4 Å². The standard InChI is InChI=1S/C20H24FNO4S/c1-22(13-15-7-9-16(25-2)10-8-15)27(23,24)20-14-26-12-11-18(20)17-5-3-4-6-19(17)21/h3-10,18,20H,11-14H2,1-2H3. The summed E-state index contributed by atoms with van der Waals surface area (Å²) in [5.74, 6) is -0.0877. The maximum atomic E-state index is 14.3. The van der Waals surface area contributed by atoms with Gasteiger partial charge in [-0.3, -0.25) is 0 Å². The number of hydrogen-bond acceptors (Lipinski definition) is 4. The number of benzene rings is 2. The largest absolute Gasteiger partial charge is 0.497 e. The Bertz CT molecular complexity index is 870. The maximum Gasteiger partial charge on any atom is 0.219 e. The molecule has 2 aromatic carbocycles. The van der Waals surface area contributed by atoms with Crippen LogP contribution in [0.15, 0.2) is 48.5 Å². The maximum absolute atomic E-state index is 14.3. The molecule has 0 N–H and O–H groups in total. The highest BCUT2D eigenvalue weighted by Crippen LogP contribution is 2.34. The summed E-state index contributed by atoms with van der Waals surface area (Å²) in [6.07, 6.45) is 0.473. The van der Waals surface area contributed by atoms with E-state index in [9.17, 15) is 12.8 Å². The van der Waals surface area contributed by atoms with Crippen molar-refractivity contribution in [2.24, 2.45) is 0 Å². The summed E-state index contributed by atoms with van der Waals surface area (Å²) < 4.78 is 52.6. The molecule has 5 nitrogen and oxygen atoms in total. The van der Waals surface area contributed by atoms with Gasteiger partial charge < -0.3 is 9.47 Å². The Kier molecular flexibility index (Phi) is 6.14. The highest BCUT2D eigenvalue weighted by Gasteiger charge is 2.40. The lowest BCUT2D eigenvalue weighted by atomic mass is 9.91. The number of hydrogen-bond donors (Lipinski definition) is 0. The summed E-state index contributed by atoms with van der Waals surface area (Å²) in [6, 6.07) is 13.6. The molecule has 1 aliphatic heterocycles. The van der Waals surface area contributed by atoms with Crippen LogP contribution in [0, 0.1) is 5.82 Å². The fraction of sp³-hybridized carbons (Fsp3) is 0.400. The van der Waals surface area contributed by atoms with Crippen molar-refractivity contribution in [1.29, 1.82) is 0 Å². The molecule has 27 heavy (non-hydrogen) atoms. The lowest BCUT2D eigenvalue weighted by molar-refractivity contribution is 0.0857. The zero-order chi connectivity index (χ0) is 19.4. The van der Waals surface area contributed by atoms with Gasteiger partial charge >= 0.3 is 0 Å². The average molecular weight is 393 g/mol. The summed E-state index contributed by atoms with van der Waals surface area (Å²) >= 11 is 0. The number of methoxy groups -OCH3 is 1. The normalized spacial score (nSPS) is 20.6. The van der Waals surface area contributed by atoms with Crippen molar-refractivity contribution >= 4 is 10.0 Å². The van der Waals surface area contributed by atoms with Gasteiger partial charge in [0.2, 0.25) is 10.0 Å². The predicted molar refractivity (Wildman–Crippen MR) is 102 cm³/mol. The topological polar surface area (TPSA) is 55.8 Å². The molecular formula is C20H24FNO4S. The van der Waals surface area contributed by atoms with E-state index in [2.05, 4.69) is 0 Å². The van der Waals surface area contributed by atoms with Crippen molar-refractivity contribution in [3.8, 4) is 5.75 Å². The third-order valence-corrected chi connectivity index (χ3v) is 7.22. The van der Waals surface area contributed by atoms with Crippen LogP contribution in [0.4, 0.5) is 4.39 Å². The van der Waals surface area contributed by atoms with Gasteiger partial charge in [0, 0.05) is 26.1 Å². The van der Waals surface area contributed by atoms with Crippen LogP contribution >= 0.6 is 0 Å². The average Bonchev–Trinajstić information content (AvgIpc) is 2.69. The molecule has 1 fully saturated rings. The molecule has 2 atom stereocenters. The molecule has 1 aliphatic rings. The number of nitrogens with zero attached hydrogens (tertiary/aromatic N) is 1. The second-order valence-corrected chi connectivity index (χ2v) is 8.94. The molecule has 0 amide bonds. The predicted octanol–water partition coefficient (Wildman–Crippen LogP) is 3.17. The third-order valence-electron chi connectivity index (χ3n) is 4.99. The minimum absolute atomic E-state index is 0.0638.